The Morgan fingerprint density at radius 2 is 1.08 bits per heavy atom. The molecule has 5 atom stereocenters. The minimum Gasteiger partial charge on any atom is -0.463 e. The maximum absolute atomic E-state index is 11.4. The Balaban J connectivity index is 3.02. The van der Waals surface area contributed by atoms with Crippen molar-refractivity contribution in [2.45, 2.75) is 59.0 Å². The first-order valence-corrected chi connectivity index (χ1v) is 7.88. The SMILES string of the molecule is CC(=O)OCC1O[C@@H](COC(C)=O)C(OC(C)=O)C(C)[C@H]1OC(C)=O. The van der Waals surface area contributed by atoms with Crippen molar-refractivity contribution in [3.8, 4) is 0 Å². The van der Waals surface area contributed by atoms with Gasteiger partial charge in [0.15, 0.2) is 0 Å². The average molecular weight is 360 g/mol. The normalized spacial score (nSPS) is 28.6. The number of hydrogen-bond donors (Lipinski definition) is 0. The largest absolute Gasteiger partial charge is 0.463 e. The van der Waals surface area contributed by atoms with Crippen molar-refractivity contribution < 1.29 is 42.9 Å². The minimum atomic E-state index is -0.797. The molecule has 1 aliphatic heterocycles. The summed E-state index contributed by atoms with van der Waals surface area (Å²) in [5.41, 5.74) is 0. The van der Waals surface area contributed by atoms with E-state index in [0.717, 1.165) is 0 Å². The van der Waals surface area contributed by atoms with Gasteiger partial charge in [0.25, 0.3) is 0 Å². The standard InChI is InChI=1S/C16H24O9/c1-8-15(23-11(4)19)13(6-21-9(2)17)25-14(7-22-10(3)18)16(8)24-12(5)20/h8,13-16H,6-7H2,1-5H3/t8?,13-,14?,15?,16+/m0/s1. The van der Waals surface area contributed by atoms with Crippen LogP contribution in [0, 0.1) is 5.92 Å². The van der Waals surface area contributed by atoms with Crippen molar-refractivity contribution in [2.24, 2.45) is 5.92 Å². The highest BCUT2D eigenvalue weighted by Crippen LogP contribution is 2.31. The Hall–Kier alpha value is -2.16. The zero-order chi connectivity index (χ0) is 19.1. The van der Waals surface area contributed by atoms with Crippen LogP contribution in [0.15, 0.2) is 0 Å². The van der Waals surface area contributed by atoms with E-state index in [1.807, 2.05) is 0 Å². The van der Waals surface area contributed by atoms with Gasteiger partial charge in [-0.05, 0) is 0 Å². The first kappa shape index (κ1) is 20.9. The average Bonchev–Trinajstić information content (AvgIpc) is 2.48. The molecule has 0 aromatic carbocycles. The van der Waals surface area contributed by atoms with Crippen molar-refractivity contribution in [1.29, 1.82) is 0 Å². The van der Waals surface area contributed by atoms with Crippen molar-refractivity contribution in [1.82, 2.24) is 0 Å². The zero-order valence-corrected chi connectivity index (χ0v) is 15.0. The highest BCUT2D eigenvalue weighted by atomic mass is 16.6. The van der Waals surface area contributed by atoms with Crippen LogP contribution in [0.3, 0.4) is 0 Å². The zero-order valence-electron chi connectivity index (χ0n) is 15.0. The number of rotatable bonds is 6. The molecular weight excluding hydrogens is 336 g/mol. The summed E-state index contributed by atoms with van der Waals surface area (Å²) < 4.78 is 26.3. The van der Waals surface area contributed by atoms with Crippen molar-refractivity contribution in [3.05, 3.63) is 0 Å². The molecule has 9 nitrogen and oxygen atoms in total. The topological polar surface area (TPSA) is 114 Å². The Labute approximate surface area is 145 Å². The molecule has 0 amide bonds. The van der Waals surface area contributed by atoms with E-state index in [1.165, 1.54) is 27.7 Å². The van der Waals surface area contributed by atoms with Crippen LogP contribution in [0.4, 0.5) is 0 Å². The molecule has 0 bridgehead atoms. The van der Waals surface area contributed by atoms with Crippen LogP contribution in [-0.4, -0.2) is 61.5 Å². The predicted octanol–water partition coefficient (Wildman–Crippen LogP) is 0.380. The fourth-order valence-electron chi connectivity index (χ4n) is 2.66. The van der Waals surface area contributed by atoms with Gasteiger partial charge >= 0.3 is 23.9 Å². The highest BCUT2D eigenvalue weighted by molar-refractivity contribution is 5.67. The van der Waals surface area contributed by atoms with Gasteiger partial charge in [-0.3, -0.25) is 19.2 Å². The van der Waals surface area contributed by atoms with E-state index in [0.29, 0.717) is 0 Å². The summed E-state index contributed by atoms with van der Waals surface area (Å²) in [6.45, 7) is 6.37. The van der Waals surface area contributed by atoms with Crippen LogP contribution in [0.5, 0.6) is 0 Å². The van der Waals surface area contributed by atoms with Gasteiger partial charge in [-0.1, -0.05) is 6.92 Å². The van der Waals surface area contributed by atoms with E-state index in [2.05, 4.69) is 0 Å². The summed E-state index contributed by atoms with van der Waals surface area (Å²) >= 11 is 0. The van der Waals surface area contributed by atoms with Gasteiger partial charge in [-0.25, -0.2) is 0 Å². The second-order valence-electron chi connectivity index (χ2n) is 5.83. The molecule has 0 aromatic heterocycles. The molecule has 1 rings (SSSR count). The number of carbonyl (C=O) groups is 4. The molecule has 1 aliphatic rings. The van der Waals surface area contributed by atoms with E-state index in [4.69, 9.17) is 23.7 Å². The molecule has 25 heavy (non-hydrogen) atoms. The number of esters is 4. The van der Waals surface area contributed by atoms with Gasteiger partial charge in [0.1, 0.15) is 37.6 Å². The lowest BCUT2D eigenvalue weighted by atomic mass is 9.87. The Morgan fingerprint density at radius 1 is 0.720 bits per heavy atom. The maximum atomic E-state index is 11.4. The monoisotopic (exact) mass is 360 g/mol. The van der Waals surface area contributed by atoms with Crippen LogP contribution in [0.25, 0.3) is 0 Å². The molecule has 0 radical (unpaired) electrons. The molecule has 1 fully saturated rings. The lowest BCUT2D eigenvalue weighted by molar-refractivity contribution is -0.235. The molecule has 0 aliphatic carbocycles. The second kappa shape index (κ2) is 9.36. The quantitative estimate of drug-likeness (QED) is 0.490. The summed E-state index contributed by atoms with van der Waals surface area (Å²) in [5.74, 6) is -2.60. The first-order chi connectivity index (χ1) is 11.6. The van der Waals surface area contributed by atoms with Crippen LogP contribution < -0.4 is 0 Å². The van der Waals surface area contributed by atoms with Gasteiger partial charge in [0, 0.05) is 33.6 Å². The Bertz CT molecular complexity index is 468. The van der Waals surface area contributed by atoms with E-state index >= 15 is 0 Å². The third-order valence-electron chi connectivity index (χ3n) is 3.62. The lowest BCUT2D eigenvalue weighted by Crippen LogP contribution is -2.58. The summed E-state index contributed by atoms with van der Waals surface area (Å²) in [4.78, 5) is 45.0. The predicted molar refractivity (Wildman–Crippen MR) is 82.2 cm³/mol. The van der Waals surface area contributed by atoms with Crippen LogP contribution in [-0.2, 0) is 42.9 Å². The van der Waals surface area contributed by atoms with E-state index in [-0.39, 0.29) is 13.2 Å². The highest BCUT2D eigenvalue weighted by Gasteiger charge is 2.48. The van der Waals surface area contributed by atoms with Gasteiger partial charge in [0.05, 0.1) is 0 Å². The summed E-state index contributed by atoms with van der Waals surface area (Å²) in [6, 6.07) is 0. The Kier molecular flexibility index (Phi) is 7.82. The third kappa shape index (κ3) is 6.69. The Morgan fingerprint density at radius 3 is 1.36 bits per heavy atom. The van der Waals surface area contributed by atoms with Crippen LogP contribution >= 0.6 is 0 Å². The van der Waals surface area contributed by atoms with Gasteiger partial charge in [0.2, 0.25) is 0 Å². The molecule has 0 aromatic rings. The summed E-state index contributed by atoms with van der Waals surface area (Å²) in [7, 11) is 0. The van der Waals surface area contributed by atoms with E-state index in [1.54, 1.807) is 6.92 Å². The second-order valence-corrected chi connectivity index (χ2v) is 5.83. The molecule has 3 unspecified atom stereocenters. The number of carbonyl (C=O) groups excluding carboxylic acids is 4. The van der Waals surface area contributed by atoms with Gasteiger partial charge in [-0.2, -0.15) is 0 Å². The van der Waals surface area contributed by atoms with E-state index in [9.17, 15) is 19.2 Å². The molecule has 9 heteroatoms. The molecular formula is C16H24O9. The summed E-state index contributed by atoms with van der Waals surface area (Å²) in [5, 5.41) is 0. The van der Waals surface area contributed by atoms with Crippen LogP contribution in [0.2, 0.25) is 0 Å². The van der Waals surface area contributed by atoms with Gasteiger partial charge in [-0.15, -0.1) is 0 Å². The van der Waals surface area contributed by atoms with Crippen LogP contribution in [0.1, 0.15) is 34.6 Å². The molecule has 0 N–H and O–H groups in total. The van der Waals surface area contributed by atoms with Crippen molar-refractivity contribution in [3.63, 3.8) is 0 Å². The van der Waals surface area contributed by atoms with E-state index < -0.39 is 54.2 Å². The molecule has 0 spiro atoms. The van der Waals surface area contributed by atoms with Crippen molar-refractivity contribution >= 4 is 23.9 Å². The molecule has 0 saturated carbocycles. The molecule has 1 heterocycles. The molecule has 1 saturated heterocycles. The fraction of sp³-hybridized carbons (Fsp3) is 0.750. The third-order valence-corrected chi connectivity index (χ3v) is 3.62. The number of hydrogen-bond acceptors (Lipinski definition) is 9. The lowest BCUT2D eigenvalue weighted by Gasteiger charge is -2.43. The maximum Gasteiger partial charge on any atom is 0.303 e. The smallest absolute Gasteiger partial charge is 0.303 e. The first-order valence-electron chi connectivity index (χ1n) is 7.88. The van der Waals surface area contributed by atoms with Gasteiger partial charge < -0.3 is 23.7 Å². The minimum absolute atomic E-state index is 0.152. The van der Waals surface area contributed by atoms with Crippen molar-refractivity contribution in [2.75, 3.05) is 13.2 Å². The fourth-order valence-corrected chi connectivity index (χ4v) is 2.66. The number of ether oxygens (including phenoxy) is 5. The molecule has 142 valence electrons. The summed E-state index contributed by atoms with van der Waals surface area (Å²) in [6.07, 6.45) is -3.16.